The molecule has 2 N–H and O–H groups in total. The molecule has 0 radical (unpaired) electrons. The standard InChI is InChI=1S/C25H28N2O6/c1-16(22(28)27-13-7-12-25(27,15-32-2)23(29)30)26-24(31)33-14-21-19-10-5-3-8-17(19)18-9-4-6-11-20(18)21/h3-6,8-11,16,21H,7,12-15H2,1-2H3,(H,26,31)(H,29,30)/t16-,25?/m1/s1. The second-order valence-electron chi connectivity index (χ2n) is 8.55. The van der Waals surface area contributed by atoms with Gasteiger partial charge in [-0.05, 0) is 42.0 Å². The summed E-state index contributed by atoms with van der Waals surface area (Å²) < 4.78 is 10.6. The van der Waals surface area contributed by atoms with Crippen molar-refractivity contribution in [3.05, 3.63) is 59.7 Å². The first-order valence-electron chi connectivity index (χ1n) is 11.0. The fourth-order valence-electron chi connectivity index (χ4n) is 4.99. The minimum absolute atomic E-state index is 0.0888. The summed E-state index contributed by atoms with van der Waals surface area (Å²) in [7, 11) is 1.41. The van der Waals surface area contributed by atoms with Gasteiger partial charge in [-0.25, -0.2) is 9.59 Å². The Morgan fingerprint density at radius 2 is 1.73 bits per heavy atom. The Bertz CT molecular complexity index is 1020. The number of carbonyl (C=O) groups is 3. The third-order valence-corrected chi connectivity index (χ3v) is 6.58. The number of carbonyl (C=O) groups excluding carboxylic acids is 2. The van der Waals surface area contributed by atoms with Crippen LogP contribution in [0.5, 0.6) is 0 Å². The van der Waals surface area contributed by atoms with Gasteiger partial charge in [0.25, 0.3) is 0 Å². The summed E-state index contributed by atoms with van der Waals surface area (Å²) in [6.45, 7) is 1.85. The molecular formula is C25H28N2O6. The van der Waals surface area contributed by atoms with Crippen LogP contribution in [0.25, 0.3) is 11.1 Å². The van der Waals surface area contributed by atoms with Gasteiger partial charge in [0.2, 0.25) is 5.91 Å². The van der Waals surface area contributed by atoms with Crippen LogP contribution in [0.4, 0.5) is 4.79 Å². The number of fused-ring (bicyclic) bond motifs is 3. The zero-order valence-electron chi connectivity index (χ0n) is 18.7. The van der Waals surface area contributed by atoms with E-state index in [0.717, 1.165) is 22.3 Å². The van der Waals surface area contributed by atoms with E-state index in [4.69, 9.17) is 9.47 Å². The molecule has 2 atom stereocenters. The SMILES string of the molecule is COCC1(C(=O)O)CCCN1C(=O)[C@@H](C)NC(=O)OCC1c2ccccc2-c2ccccc21. The molecule has 1 heterocycles. The van der Waals surface area contributed by atoms with Crippen LogP contribution >= 0.6 is 0 Å². The summed E-state index contributed by atoms with van der Waals surface area (Å²) in [5.41, 5.74) is 3.03. The van der Waals surface area contributed by atoms with Gasteiger partial charge in [-0.15, -0.1) is 0 Å². The van der Waals surface area contributed by atoms with Crippen LogP contribution < -0.4 is 5.32 Å². The molecule has 1 aliphatic heterocycles. The van der Waals surface area contributed by atoms with Crippen molar-refractivity contribution in [2.24, 2.45) is 0 Å². The molecule has 174 valence electrons. The predicted octanol–water partition coefficient (Wildman–Crippen LogP) is 3.01. The highest BCUT2D eigenvalue weighted by Crippen LogP contribution is 2.44. The number of carboxylic acids is 1. The number of amides is 2. The van der Waals surface area contributed by atoms with E-state index in [1.165, 1.54) is 18.9 Å². The number of methoxy groups -OCH3 is 1. The summed E-state index contributed by atoms with van der Waals surface area (Å²) in [5.74, 6) is -1.67. The Kier molecular flexibility index (Phi) is 6.37. The largest absolute Gasteiger partial charge is 0.479 e. The topological polar surface area (TPSA) is 105 Å². The van der Waals surface area contributed by atoms with E-state index in [-0.39, 0.29) is 19.1 Å². The lowest BCUT2D eigenvalue weighted by Gasteiger charge is -2.35. The summed E-state index contributed by atoms with van der Waals surface area (Å²) in [6, 6.07) is 15.1. The lowest BCUT2D eigenvalue weighted by molar-refractivity contribution is -0.160. The molecule has 1 fully saturated rings. The molecule has 4 rings (SSSR count). The van der Waals surface area contributed by atoms with Crippen molar-refractivity contribution in [2.45, 2.75) is 37.3 Å². The second-order valence-corrected chi connectivity index (χ2v) is 8.55. The third kappa shape index (κ3) is 4.06. The Balaban J connectivity index is 1.40. The molecule has 2 amide bonds. The number of nitrogens with zero attached hydrogens (tertiary/aromatic N) is 1. The van der Waals surface area contributed by atoms with E-state index in [2.05, 4.69) is 17.4 Å². The molecule has 1 aliphatic carbocycles. The highest BCUT2D eigenvalue weighted by Gasteiger charge is 2.51. The van der Waals surface area contributed by atoms with Crippen molar-refractivity contribution in [3.8, 4) is 11.1 Å². The number of hydrogen-bond acceptors (Lipinski definition) is 5. The fraction of sp³-hybridized carbons (Fsp3) is 0.400. The minimum atomic E-state index is -1.41. The van der Waals surface area contributed by atoms with Crippen LogP contribution in [0, 0.1) is 0 Å². The maximum atomic E-state index is 13.0. The molecule has 0 aromatic heterocycles. The van der Waals surface area contributed by atoms with Crippen molar-refractivity contribution in [2.75, 3.05) is 26.9 Å². The minimum Gasteiger partial charge on any atom is -0.479 e. The third-order valence-electron chi connectivity index (χ3n) is 6.58. The van der Waals surface area contributed by atoms with Crippen molar-refractivity contribution >= 4 is 18.0 Å². The molecule has 1 unspecified atom stereocenters. The van der Waals surface area contributed by atoms with Crippen molar-refractivity contribution < 1.29 is 29.0 Å². The van der Waals surface area contributed by atoms with Crippen LogP contribution in [0.2, 0.25) is 0 Å². The molecule has 8 nitrogen and oxygen atoms in total. The van der Waals surface area contributed by atoms with E-state index in [1.54, 1.807) is 0 Å². The second kappa shape index (κ2) is 9.23. The van der Waals surface area contributed by atoms with E-state index < -0.39 is 29.6 Å². The molecule has 33 heavy (non-hydrogen) atoms. The Labute approximate surface area is 192 Å². The van der Waals surface area contributed by atoms with Gasteiger partial charge in [0, 0.05) is 19.6 Å². The predicted molar refractivity (Wildman–Crippen MR) is 121 cm³/mol. The molecule has 2 aliphatic rings. The summed E-state index contributed by atoms with van der Waals surface area (Å²) in [5, 5.41) is 12.3. The van der Waals surface area contributed by atoms with Crippen LogP contribution in [0.15, 0.2) is 48.5 Å². The van der Waals surface area contributed by atoms with E-state index in [9.17, 15) is 19.5 Å². The first kappa shape index (κ1) is 22.8. The van der Waals surface area contributed by atoms with Gasteiger partial charge in [0.05, 0.1) is 6.61 Å². The number of ether oxygens (including phenoxy) is 2. The quantitative estimate of drug-likeness (QED) is 0.669. The highest BCUT2D eigenvalue weighted by atomic mass is 16.5. The van der Waals surface area contributed by atoms with Crippen LogP contribution in [-0.2, 0) is 19.1 Å². The lowest BCUT2D eigenvalue weighted by Crippen LogP contribution is -2.60. The molecular weight excluding hydrogens is 424 g/mol. The molecule has 2 aromatic rings. The molecule has 1 saturated heterocycles. The average molecular weight is 453 g/mol. The van der Waals surface area contributed by atoms with Crippen molar-refractivity contribution in [1.82, 2.24) is 10.2 Å². The molecule has 0 bridgehead atoms. The molecule has 0 saturated carbocycles. The van der Waals surface area contributed by atoms with Gasteiger partial charge in [0.1, 0.15) is 12.6 Å². The first-order chi connectivity index (χ1) is 15.9. The number of aliphatic carboxylic acids is 1. The Hall–Kier alpha value is -3.39. The number of alkyl carbamates (subject to hydrolysis) is 1. The monoisotopic (exact) mass is 452 g/mol. The smallest absolute Gasteiger partial charge is 0.407 e. The first-order valence-corrected chi connectivity index (χ1v) is 11.0. The van der Waals surface area contributed by atoms with Gasteiger partial charge < -0.3 is 24.8 Å². The number of hydrogen-bond donors (Lipinski definition) is 2. The number of nitrogens with one attached hydrogen (secondary N) is 1. The molecule has 8 heteroatoms. The van der Waals surface area contributed by atoms with Crippen LogP contribution in [0.1, 0.15) is 36.8 Å². The number of benzene rings is 2. The fourth-order valence-corrected chi connectivity index (χ4v) is 4.99. The van der Waals surface area contributed by atoms with Gasteiger partial charge >= 0.3 is 12.1 Å². The maximum Gasteiger partial charge on any atom is 0.407 e. The van der Waals surface area contributed by atoms with Gasteiger partial charge in [-0.2, -0.15) is 0 Å². The van der Waals surface area contributed by atoms with Crippen LogP contribution in [0.3, 0.4) is 0 Å². The Morgan fingerprint density at radius 1 is 1.12 bits per heavy atom. The zero-order valence-corrected chi connectivity index (χ0v) is 18.7. The highest BCUT2D eigenvalue weighted by molar-refractivity contribution is 5.92. The normalized spacial score (nSPS) is 20.1. The zero-order chi connectivity index (χ0) is 23.6. The number of likely N-dealkylation sites (tertiary alicyclic amines) is 1. The van der Waals surface area contributed by atoms with E-state index in [0.29, 0.717) is 19.4 Å². The average Bonchev–Trinajstić information content (AvgIpc) is 3.37. The Morgan fingerprint density at radius 3 is 2.30 bits per heavy atom. The van der Waals surface area contributed by atoms with Crippen LogP contribution in [-0.4, -0.2) is 66.4 Å². The lowest BCUT2D eigenvalue weighted by atomic mass is 9.97. The van der Waals surface area contributed by atoms with Crippen molar-refractivity contribution in [1.29, 1.82) is 0 Å². The summed E-state index contributed by atoms with van der Waals surface area (Å²) in [6.07, 6.45) is 0.142. The van der Waals surface area contributed by atoms with E-state index >= 15 is 0 Å². The summed E-state index contributed by atoms with van der Waals surface area (Å²) in [4.78, 5) is 38.8. The molecule has 2 aromatic carbocycles. The van der Waals surface area contributed by atoms with Gasteiger partial charge in [-0.1, -0.05) is 48.5 Å². The van der Waals surface area contributed by atoms with E-state index in [1.807, 2.05) is 36.4 Å². The maximum absolute atomic E-state index is 13.0. The van der Waals surface area contributed by atoms with Crippen molar-refractivity contribution in [3.63, 3.8) is 0 Å². The summed E-state index contributed by atoms with van der Waals surface area (Å²) >= 11 is 0. The number of carboxylic acid groups (broad SMARTS) is 1. The molecule has 0 spiro atoms. The van der Waals surface area contributed by atoms with Gasteiger partial charge in [-0.3, -0.25) is 4.79 Å². The van der Waals surface area contributed by atoms with Gasteiger partial charge in [0.15, 0.2) is 5.54 Å². The number of rotatable bonds is 7.